The van der Waals surface area contributed by atoms with Crippen molar-refractivity contribution < 1.29 is 9.53 Å². The van der Waals surface area contributed by atoms with Crippen LogP contribution in [0.3, 0.4) is 0 Å². The summed E-state index contributed by atoms with van der Waals surface area (Å²) in [6.07, 6.45) is 4.99. The number of methoxy groups -OCH3 is 1. The summed E-state index contributed by atoms with van der Waals surface area (Å²) in [5.41, 5.74) is 0.783. The topological polar surface area (TPSA) is 26.3 Å². The third-order valence-electron chi connectivity index (χ3n) is 2.44. The fraction of sp³-hybridized carbons (Fsp3) is 0.727. The van der Waals surface area contributed by atoms with E-state index in [4.69, 9.17) is 4.74 Å². The smallest absolute Gasteiger partial charge is 0.145 e. The van der Waals surface area contributed by atoms with Gasteiger partial charge in [0.25, 0.3) is 0 Å². The van der Waals surface area contributed by atoms with E-state index in [1.54, 1.807) is 7.11 Å². The summed E-state index contributed by atoms with van der Waals surface area (Å²) in [6, 6.07) is 0. The molecular weight excluding hydrogens is 164 g/mol. The molecule has 0 aromatic rings. The number of carbonyl (C=O) groups excluding carboxylic acids is 1. The average molecular weight is 184 g/mol. The minimum absolute atomic E-state index is 0.236. The molecule has 0 fully saturated rings. The number of ether oxygens (including phenoxy) is 1. The summed E-state index contributed by atoms with van der Waals surface area (Å²) in [4.78, 5) is 10.3. The van der Waals surface area contributed by atoms with Crippen molar-refractivity contribution in [2.75, 3.05) is 7.11 Å². The molecule has 0 aliphatic heterocycles. The molecule has 0 aliphatic rings. The van der Waals surface area contributed by atoms with Crippen molar-refractivity contribution in [1.29, 1.82) is 0 Å². The van der Waals surface area contributed by atoms with Crippen molar-refractivity contribution in [1.82, 2.24) is 0 Å². The average Bonchev–Trinajstić information content (AvgIpc) is 2.17. The Bertz CT molecular complexity index is 173. The van der Waals surface area contributed by atoms with Crippen LogP contribution in [0.1, 0.15) is 33.6 Å². The first-order valence-corrected chi connectivity index (χ1v) is 4.80. The summed E-state index contributed by atoms with van der Waals surface area (Å²) in [7, 11) is 1.72. The van der Waals surface area contributed by atoms with E-state index in [-0.39, 0.29) is 6.10 Å². The molecule has 0 radical (unpaired) electrons. The van der Waals surface area contributed by atoms with Crippen molar-refractivity contribution in [3.63, 3.8) is 0 Å². The van der Waals surface area contributed by atoms with Crippen molar-refractivity contribution >= 4 is 6.29 Å². The molecule has 0 aliphatic carbocycles. The van der Waals surface area contributed by atoms with Crippen molar-refractivity contribution in [2.24, 2.45) is 5.92 Å². The standard InChI is InChI=1S/C11H20O2/c1-5-10(3)11(13-4)7-6-9(2)8-12/h6,8,10-11H,5,7H2,1-4H3/b9-6+. The number of allylic oxidation sites excluding steroid dienone is 1. The number of hydrogen-bond donors (Lipinski definition) is 0. The molecule has 76 valence electrons. The minimum atomic E-state index is 0.236. The molecule has 0 saturated carbocycles. The van der Waals surface area contributed by atoms with E-state index in [2.05, 4.69) is 13.8 Å². The van der Waals surface area contributed by atoms with Crippen LogP contribution in [0.25, 0.3) is 0 Å². The van der Waals surface area contributed by atoms with E-state index in [1.807, 2.05) is 13.0 Å². The lowest BCUT2D eigenvalue weighted by molar-refractivity contribution is -0.104. The highest BCUT2D eigenvalue weighted by atomic mass is 16.5. The van der Waals surface area contributed by atoms with E-state index in [9.17, 15) is 4.79 Å². The van der Waals surface area contributed by atoms with E-state index >= 15 is 0 Å². The molecular formula is C11H20O2. The number of rotatable bonds is 6. The predicted molar refractivity (Wildman–Crippen MR) is 54.7 cm³/mol. The van der Waals surface area contributed by atoms with Crippen LogP contribution in [0.15, 0.2) is 11.6 Å². The molecule has 0 aromatic carbocycles. The first-order valence-electron chi connectivity index (χ1n) is 4.80. The second-order valence-electron chi connectivity index (χ2n) is 3.46. The van der Waals surface area contributed by atoms with Crippen molar-refractivity contribution in [2.45, 2.75) is 39.7 Å². The van der Waals surface area contributed by atoms with E-state index in [0.717, 1.165) is 24.7 Å². The summed E-state index contributed by atoms with van der Waals surface area (Å²) < 4.78 is 5.34. The molecule has 0 rings (SSSR count). The second kappa shape index (κ2) is 6.84. The van der Waals surface area contributed by atoms with Crippen LogP contribution in [0, 0.1) is 5.92 Å². The van der Waals surface area contributed by atoms with Gasteiger partial charge in [-0.3, -0.25) is 4.79 Å². The second-order valence-corrected chi connectivity index (χ2v) is 3.46. The van der Waals surface area contributed by atoms with Crippen LogP contribution in [0.2, 0.25) is 0 Å². The lowest BCUT2D eigenvalue weighted by Crippen LogP contribution is -2.19. The van der Waals surface area contributed by atoms with Crippen LogP contribution in [0.4, 0.5) is 0 Å². The molecule has 2 atom stereocenters. The summed E-state index contributed by atoms with van der Waals surface area (Å²) in [6.45, 7) is 6.13. The quantitative estimate of drug-likeness (QED) is 0.468. The summed E-state index contributed by atoms with van der Waals surface area (Å²) >= 11 is 0. The predicted octanol–water partition coefficient (Wildman–Crippen LogP) is 2.58. The molecule has 0 amide bonds. The maximum atomic E-state index is 10.3. The van der Waals surface area contributed by atoms with Crippen LogP contribution < -0.4 is 0 Å². The van der Waals surface area contributed by atoms with Gasteiger partial charge in [0.1, 0.15) is 6.29 Å². The molecule has 2 unspecified atom stereocenters. The zero-order valence-corrected chi connectivity index (χ0v) is 9.04. The van der Waals surface area contributed by atoms with Crippen LogP contribution in [0.5, 0.6) is 0 Å². The summed E-state index contributed by atoms with van der Waals surface area (Å²) in [5.74, 6) is 0.542. The van der Waals surface area contributed by atoms with Gasteiger partial charge in [0, 0.05) is 7.11 Å². The third-order valence-corrected chi connectivity index (χ3v) is 2.44. The van der Waals surface area contributed by atoms with Crippen LogP contribution in [-0.4, -0.2) is 19.5 Å². The van der Waals surface area contributed by atoms with Crippen LogP contribution in [-0.2, 0) is 9.53 Å². The van der Waals surface area contributed by atoms with Crippen LogP contribution >= 0.6 is 0 Å². The first-order chi connectivity index (χ1) is 6.15. The van der Waals surface area contributed by atoms with Gasteiger partial charge in [0.05, 0.1) is 6.10 Å². The maximum absolute atomic E-state index is 10.3. The van der Waals surface area contributed by atoms with Gasteiger partial charge in [-0.05, 0) is 24.8 Å². The molecule has 0 bridgehead atoms. The van der Waals surface area contributed by atoms with Gasteiger partial charge in [0.15, 0.2) is 0 Å². The van der Waals surface area contributed by atoms with Gasteiger partial charge in [-0.15, -0.1) is 0 Å². The Morgan fingerprint density at radius 3 is 2.54 bits per heavy atom. The fourth-order valence-electron chi connectivity index (χ4n) is 1.17. The highest BCUT2D eigenvalue weighted by Gasteiger charge is 2.12. The maximum Gasteiger partial charge on any atom is 0.145 e. The molecule has 2 nitrogen and oxygen atoms in total. The number of carbonyl (C=O) groups is 1. The monoisotopic (exact) mass is 184 g/mol. The van der Waals surface area contributed by atoms with E-state index in [1.165, 1.54) is 0 Å². The number of hydrogen-bond acceptors (Lipinski definition) is 2. The Labute approximate surface area is 81.0 Å². The Balaban J connectivity index is 4.05. The SMILES string of the molecule is CCC(C)C(C/C=C(\C)C=O)OC. The third kappa shape index (κ3) is 4.83. The normalized spacial score (nSPS) is 16.8. The minimum Gasteiger partial charge on any atom is -0.381 e. The first kappa shape index (κ1) is 12.4. The lowest BCUT2D eigenvalue weighted by atomic mass is 9.98. The summed E-state index contributed by atoms with van der Waals surface area (Å²) in [5, 5.41) is 0. The zero-order chi connectivity index (χ0) is 10.3. The molecule has 0 aromatic heterocycles. The Kier molecular flexibility index (Phi) is 6.51. The van der Waals surface area contributed by atoms with Gasteiger partial charge < -0.3 is 4.74 Å². The highest BCUT2D eigenvalue weighted by Crippen LogP contribution is 2.15. The van der Waals surface area contributed by atoms with Crippen molar-refractivity contribution in [3.05, 3.63) is 11.6 Å². The highest BCUT2D eigenvalue weighted by molar-refractivity contribution is 5.71. The number of aldehydes is 1. The molecule has 0 saturated heterocycles. The van der Waals surface area contributed by atoms with Gasteiger partial charge >= 0.3 is 0 Å². The molecule has 13 heavy (non-hydrogen) atoms. The Morgan fingerprint density at radius 1 is 1.54 bits per heavy atom. The molecule has 0 heterocycles. The zero-order valence-electron chi connectivity index (χ0n) is 9.04. The molecule has 2 heteroatoms. The van der Waals surface area contributed by atoms with Crippen molar-refractivity contribution in [3.8, 4) is 0 Å². The Morgan fingerprint density at radius 2 is 2.15 bits per heavy atom. The van der Waals surface area contributed by atoms with Gasteiger partial charge in [0.2, 0.25) is 0 Å². The lowest BCUT2D eigenvalue weighted by Gasteiger charge is -2.19. The molecule has 0 spiro atoms. The Hall–Kier alpha value is -0.630. The fourth-order valence-corrected chi connectivity index (χ4v) is 1.17. The van der Waals surface area contributed by atoms with E-state index in [0.29, 0.717) is 5.92 Å². The van der Waals surface area contributed by atoms with Gasteiger partial charge in [-0.25, -0.2) is 0 Å². The molecule has 0 N–H and O–H groups in total. The largest absolute Gasteiger partial charge is 0.381 e. The van der Waals surface area contributed by atoms with E-state index < -0.39 is 0 Å². The van der Waals surface area contributed by atoms with Gasteiger partial charge in [-0.1, -0.05) is 26.3 Å². The van der Waals surface area contributed by atoms with Gasteiger partial charge in [-0.2, -0.15) is 0 Å².